The van der Waals surface area contributed by atoms with Crippen LogP contribution in [0.25, 0.3) is 11.0 Å². The Morgan fingerprint density at radius 2 is 1.46 bits per heavy atom. The molecule has 2 bridgehead atoms. The summed E-state index contributed by atoms with van der Waals surface area (Å²) in [6.07, 6.45) is 10.4. The molecule has 3 aliphatic rings. The highest BCUT2D eigenvalue weighted by Gasteiger charge is 2.43. The number of hydrogen-bond donors (Lipinski definition) is 2. The van der Waals surface area contributed by atoms with E-state index in [4.69, 9.17) is 0 Å². The van der Waals surface area contributed by atoms with E-state index >= 15 is 0 Å². The van der Waals surface area contributed by atoms with Crippen molar-refractivity contribution in [3.8, 4) is 0 Å². The molecule has 1 aromatic heterocycles. The van der Waals surface area contributed by atoms with Gasteiger partial charge in [-0.25, -0.2) is 4.98 Å². The molecule has 7 atom stereocenters. The maximum atomic E-state index is 13.7. The van der Waals surface area contributed by atoms with Crippen molar-refractivity contribution in [3.63, 3.8) is 0 Å². The molecule has 1 saturated carbocycles. The lowest BCUT2D eigenvalue weighted by atomic mass is 9.75. The number of aryl methyl sites for hydroxylation is 1. The molecule has 2 saturated heterocycles. The van der Waals surface area contributed by atoms with Crippen LogP contribution >= 0.6 is 7.60 Å². The van der Waals surface area contributed by atoms with Gasteiger partial charge in [0, 0.05) is 30.6 Å². The zero-order valence-corrected chi connectivity index (χ0v) is 23.5. The first-order valence-electron chi connectivity index (χ1n) is 14.4. The highest BCUT2D eigenvalue weighted by molar-refractivity contribution is 7.51. The Hall–Kier alpha value is -1.53. The lowest BCUT2D eigenvalue weighted by Crippen LogP contribution is -2.58. The largest absolute Gasteiger partial charge is 0.325 e. The Balaban J connectivity index is 1.46. The van der Waals surface area contributed by atoms with Crippen LogP contribution in [0.2, 0.25) is 0 Å². The van der Waals surface area contributed by atoms with Gasteiger partial charge in [-0.2, -0.15) is 0 Å². The van der Waals surface area contributed by atoms with Crippen molar-refractivity contribution in [1.29, 1.82) is 0 Å². The van der Waals surface area contributed by atoms with Crippen LogP contribution in [0, 0.1) is 17.8 Å². The van der Waals surface area contributed by atoms with E-state index in [1.807, 2.05) is 28.8 Å². The van der Waals surface area contributed by atoms with Gasteiger partial charge >= 0.3 is 7.60 Å². The number of para-hydroxylation sites is 2. The minimum Gasteiger partial charge on any atom is -0.324 e. The average molecular weight is 530 g/mol. The van der Waals surface area contributed by atoms with Crippen molar-refractivity contribution in [2.24, 2.45) is 17.8 Å². The molecule has 0 radical (unpaired) electrons. The summed E-state index contributed by atoms with van der Waals surface area (Å²) in [6.45, 7) is 7.28. The Morgan fingerprint density at radius 1 is 0.865 bits per heavy atom. The molecule has 0 amide bonds. The fourth-order valence-electron chi connectivity index (χ4n) is 8.11. The summed E-state index contributed by atoms with van der Waals surface area (Å²) in [5.41, 5.74) is 1.66. The summed E-state index contributed by atoms with van der Waals surface area (Å²) in [4.78, 5) is 40.0. The standard InChI is InChI=1S/C29H44N3O4P/c1-19-13-20(2)15-24(16-21(3)14-19)31-22-7-6-8-23(31)18-25(17-22)32-28-10-5-4-9-26(28)30-27(29(32)33)11-12-37(34,35)36/h4-5,9-10,19-25H,6-8,11-18H2,1-3H3,(H2,34,35,36)/t19-,20+,21-,22-,23+,24+,25+. The van der Waals surface area contributed by atoms with Crippen LogP contribution in [0.4, 0.5) is 0 Å². The van der Waals surface area contributed by atoms with E-state index in [0.717, 1.165) is 41.6 Å². The van der Waals surface area contributed by atoms with Crippen molar-refractivity contribution in [1.82, 2.24) is 14.5 Å². The van der Waals surface area contributed by atoms with E-state index in [-0.39, 0.29) is 29.9 Å². The molecule has 204 valence electrons. The molecule has 3 fully saturated rings. The minimum atomic E-state index is -4.21. The first-order chi connectivity index (χ1) is 17.6. The molecular weight excluding hydrogens is 485 g/mol. The lowest BCUT2D eigenvalue weighted by Gasteiger charge is -2.54. The zero-order chi connectivity index (χ0) is 26.3. The molecule has 1 aromatic carbocycles. The molecule has 7 nitrogen and oxygen atoms in total. The number of nitrogens with zero attached hydrogens (tertiary/aromatic N) is 3. The third-order valence-corrected chi connectivity index (χ3v) is 10.1. The topological polar surface area (TPSA) is 95.7 Å². The van der Waals surface area contributed by atoms with Gasteiger partial charge in [-0.05, 0) is 81.3 Å². The third-order valence-electron chi connectivity index (χ3n) is 9.25. The Bertz CT molecular complexity index is 1180. The monoisotopic (exact) mass is 529 g/mol. The van der Waals surface area contributed by atoms with Crippen LogP contribution in [0.15, 0.2) is 29.1 Å². The van der Waals surface area contributed by atoms with Crippen molar-refractivity contribution in [3.05, 3.63) is 40.3 Å². The number of piperidine rings is 2. The summed E-state index contributed by atoms with van der Waals surface area (Å²) in [6, 6.07) is 9.41. The van der Waals surface area contributed by atoms with E-state index in [0.29, 0.717) is 18.1 Å². The molecule has 0 spiro atoms. The molecule has 1 aliphatic carbocycles. The third kappa shape index (κ3) is 6.06. The second kappa shape index (κ2) is 10.9. The number of benzene rings is 1. The molecule has 3 heterocycles. The number of aromatic nitrogens is 2. The molecule has 2 aromatic rings. The van der Waals surface area contributed by atoms with E-state index in [2.05, 4.69) is 30.7 Å². The summed E-state index contributed by atoms with van der Waals surface area (Å²) in [5.74, 6) is 2.30. The second-order valence-electron chi connectivity index (χ2n) is 12.6. The fourth-order valence-corrected chi connectivity index (χ4v) is 8.61. The quantitative estimate of drug-likeness (QED) is 0.495. The molecular formula is C29H44N3O4P. The highest BCUT2D eigenvalue weighted by Crippen LogP contribution is 2.44. The number of fused-ring (bicyclic) bond motifs is 3. The number of rotatable bonds is 5. The summed E-state index contributed by atoms with van der Waals surface area (Å²) < 4.78 is 13.5. The smallest absolute Gasteiger partial charge is 0.324 e. The van der Waals surface area contributed by atoms with E-state index < -0.39 is 7.60 Å². The van der Waals surface area contributed by atoms with Gasteiger partial charge in [0.15, 0.2) is 0 Å². The van der Waals surface area contributed by atoms with Crippen LogP contribution in [0.3, 0.4) is 0 Å². The summed E-state index contributed by atoms with van der Waals surface area (Å²) in [5, 5.41) is 0. The Morgan fingerprint density at radius 3 is 2.08 bits per heavy atom. The highest BCUT2D eigenvalue weighted by atomic mass is 31.2. The number of hydrogen-bond acceptors (Lipinski definition) is 4. The van der Waals surface area contributed by atoms with Gasteiger partial charge in [-0.15, -0.1) is 0 Å². The second-order valence-corrected chi connectivity index (χ2v) is 14.4. The maximum absolute atomic E-state index is 13.7. The predicted octanol–water partition coefficient (Wildman–Crippen LogP) is 5.53. The molecule has 37 heavy (non-hydrogen) atoms. The lowest BCUT2D eigenvalue weighted by molar-refractivity contribution is -0.0347. The molecule has 5 rings (SSSR count). The zero-order valence-electron chi connectivity index (χ0n) is 22.6. The van der Waals surface area contributed by atoms with Crippen LogP contribution in [-0.2, 0) is 11.0 Å². The van der Waals surface area contributed by atoms with Gasteiger partial charge in [-0.3, -0.25) is 14.3 Å². The van der Waals surface area contributed by atoms with Gasteiger partial charge in [0.05, 0.1) is 17.2 Å². The van der Waals surface area contributed by atoms with Crippen LogP contribution < -0.4 is 5.56 Å². The predicted molar refractivity (Wildman–Crippen MR) is 148 cm³/mol. The van der Waals surface area contributed by atoms with E-state index in [9.17, 15) is 19.1 Å². The molecule has 2 N–H and O–H groups in total. The molecule has 0 unspecified atom stereocenters. The maximum Gasteiger partial charge on any atom is 0.325 e. The van der Waals surface area contributed by atoms with Crippen LogP contribution in [-0.4, -0.2) is 48.5 Å². The van der Waals surface area contributed by atoms with Crippen molar-refractivity contribution in [2.75, 3.05) is 6.16 Å². The molecule has 8 heteroatoms. The summed E-state index contributed by atoms with van der Waals surface area (Å²) >= 11 is 0. The van der Waals surface area contributed by atoms with Gasteiger partial charge in [0.2, 0.25) is 0 Å². The van der Waals surface area contributed by atoms with Gasteiger partial charge in [0.25, 0.3) is 5.56 Å². The fraction of sp³-hybridized carbons (Fsp3) is 0.724. The SMILES string of the molecule is C[C@H]1C[C@@H](C)C[C@@H](N2[C@@H]3CCC[C@H]2C[C@@H](n2c(=O)c(CCP(=O)(O)O)nc4ccccc42)C3)C[C@@H](C)C1. The first-order valence-corrected chi connectivity index (χ1v) is 16.2. The van der Waals surface area contributed by atoms with Crippen molar-refractivity contribution in [2.45, 2.75) is 109 Å². The first kappa shape index (κ1) is 27.1. The normalized spacial score (nSPS) is 33.7. The Labute approximate surface area is 220 Å². The van der Waals surface area contributed by atoms with E-state index in [1.54, 1.807) is 0 Å². The van der Waals surface area contributed by atoms with Crippen LogP contribution in [0.1, 0.15) is 90.3 Å². The summed E-state index contributed by atoms with van der Waals surface area (Å²) in [7, 11) is -4.21. The van der Waals surface area contributed by atoms with Crippen LogP contribution in [0.5, 0.6) is 0 Å². The Kier molecular flexibility index (Phi) is 7.98. The molecule has 2 aliphatic heterocycles. The average Bonchev–Trinajstić information content (AvgIpc) is 2.80. The van der Waals surface area contributed by atoms with Crippen molar-refractivity contribution >= 4 is 18.6 Å². The van der Waals surface area contributed by atoms with E-state index in [1.165, 1.54) is 44.9 Å². The van der Waals surface area contributed by atoms with Gasteiger partial charge in [-0.1, -0.05) is 39.3 Å². The van der Waals surface area contributed by atoms with Gasteiger partial charge in [0.1, 0.15) is 5.69 Å². The van der Waals surface area contributed by atoms with Crippen molar-refractivity contribution < 1.29 is 14.4 Å². The van der Waals surface area contributed by atoms with Gasteiger partial charge < -0.3 is 14.4 Å². The minimum absolute atomic E-state index is 0.00405.